The van der Waals surface area contributed by atoms with Gasteiger partial charge in [0.2, 0.25) is 12.3 Å². The minimum absolute atomic E-state index is 0.185. The van der Waals surface area contributed by atoms with E-state index in [-0.39, 0.29) is 11.5 Å². The zero-order valence-corrected chi connectivity index (χ0v) is 15.1. The van der Waals surface area contributed by atoms with Crippen molar-refractivity contribution in [3.63, 3.8) is 0 Å². The van der Waals surface area contributed by atoms with Crippen LogP contribution in [-0.2, 0) is 9.59 Å². The number of aromatic nitrogens is 4. The van der Waals surface area contributed by atoms with Gasteiger partial charge in [0.1, 0.15) is 6.04 Å². The molecule has 2 aromatic rings. The highest BCUT2D eigenvalue weighted by Gasteiger charge is 2.27. The molecule has 1 saturated heterocycles. The van der Waals surface area contributed by atoms with Gasteiger partial charge in [0.05, 0.1) is 5.69 Å². The summed E-state index contributed by atoms with van der Waals surface area (Å²) >= 11 is 0. The van der Waals surface area contributed by atoms with Crippen LogP contribution in [0, 0.1) is 13.8 Å². The molecule has 0 bridgehead atoms. The molecule has 2 amide bonds. The summed E-state index contributed by atoms with van der Waals surface area (Å²) in [6.07, 6.45) is 0.787. The van der Waals surface area contributed by atoms with Crippen LogP contribution in [0.25, 0.3) is 5.82 Å². The summed E-state index contributed by atoms with van der Waals surface area (Å²) in [5.41, 5.74) is 1.39. The molecule has 3 heterocycles. The van der Waals surface area contributed by atoms with Gasteiger partial charge in [0, 0.05) is 37.9 Å². The summed E-state index contributed by atoms with van der Waals surface area (Å²) in [6, 6.07) is 4.17. The van der Waals surface area contributed by atoms with Gasteiger partial charge in [-0.2, -0.15) is 5.10 Å². The molecule has 1 aliphatic heterocycles. The summed E-state index contributed by atoms with van der Waals surface area (Å²) < 4.78 is 2.84. The third-order valence-electron chi connectivity index (χ3n) is 4.54. The first kappa shape index (κ1) is 17.8. The Morgan fingerprint density at radius 3 is 2.42 bits per heavy atom. The Balaban J connectivity index is 1.85. The van der Waals surface area contributed by atoms with Crippen LogP contribution in [0.3, 0.4) is 0 Å². The third-order valence-corrected chi connectivity index (χ3v) is 4.54. The van der Waals surface area contributed by atoms with E-state index in [1.54, 1.807) is 27.5 Å². The molecule has 0 spiro atoms. The summed E-state index contributed by atoms with van der Waals surface area (Å²) in [7, 11) is 0. The molecule has 0 saturated carbocycles. The van der Waals surface area contributed by atoms with Gasteiger partial charge >= 0.3 is 0 Å². The number of nitrogens with zero attached hydrogens (tertiary/aromatic N) is 6. The van der Waals surface area contributed by atoms with Gasteiger partial charge in [-0.1, -0.05) is 0 Å². The van der Waals surface area contributed by atoms with Crippen molar-refractivity contribution in [2.75, 3.05) is 26.2 Å². The van der Waals surface area contributed by atoms with Gasteiger partial charge in [0.15, 0.2) is 5.82 Å². The second kappa shape index (κ2) is 7.11. The number of hydrogen-bond acceptors (Lipinski definition) is 5. The highest BCUT2D eigenvalue weighted by molar-refractivity contribution is 5.80. The second-order valence-electron chi connectivity index (χ2n) is 6.46. The van der Waals surface area contributed by atoms with Crippen molar-refractivity contribution in [2.24, 2.45) is 0 Å². The summed E-state index contributed by atoms with van der Waals surface area (Å²) in [4.78, 5) is 39.1. The molecule has 1 aliphatic rings. The Morgan fingerprint density at radius 1 is 1.15 bits per heavy atom. The quantitative estimate of drug-likeness (QED) is 0.712. The lowest BCUT2D eigenvalue weighted by atomic mass is 10.2. The second-order valence-corrected chi connectivity index (χ2v) is 6.46. The first-order valence-corrected chi connectivity index (χ1v) is 8.52. The van der Waals surface area contributed by atoms with Crippen LogP contribution in [0.2, 0.25) is 0 Å². The molecule has 1 atom stereocenters. The fourth-order valence-corrected chi connectivity index (χ4v) is 3.08. The van der Waals surface area contributed by atoms with Crippen LogP contribution in [-0.4, -0.2) is 67.9 Å². The van der Waals surface area contributed by atoms with Crippen LogP contribution in [0.5, 0.6) is 0 Å². The Bertz CT molecular complexity index is 879. The van der Waals surface area contributed by atoms with Crippen molar-refractivity contribution in [1.82, 2.24) is 29.4 Å². The van der Waals surface area contributed by atoms with Crippen LogP contribution >= 0.6 is 0 Å². The molecule has 26 heavy (non-hydrogen) atoms. The number of piperazine rings is 1. The number of rotatable bonds is 4. The van der Waals surface area contributed by atoms with E-state index in [9.17, 15) is 14.4 Å². The lowest BCUT2D eigenvalue weighted by Crippen LogP contribution is -2.50. The molecule has 1 fully saturated rings. The van der Waals surface area contributed by atoms with Crippen LogP contribution in [0.1, 0.15) is 24.4 Å². The van der Waals surface area contributed by atoms with Crippen LogP contribution < -0.4 is 5.56 Å². The molecule has 1 unspecified atom stereocenters. The molecule has 0 aromatic carbocycles. The van der Waals surface area contributed by atoms with Gasteiger partial charge in [0.25, 0.3) is 5.56 Å². The first-order valence-electron chi connectivity index (χ1n) is 8.52. The number of hydrogen-bond donors (Lipinski definition) is 0. The van der Waals surface area contributed by atoms with E-state index in [1.165, 1.54) is 10.7 Å². The molecular weight excluding hydrogens is 336 g/mol. The number of carbonyl (C=O) groups is 2. The SMILES string of the molecule is Cc1cc(C)n(-c2ccc(=O)n(C(C)C(=O)N3CCN(C=O)CC3)n2)n1. The van der Waals surface area contributed by atoms with Crippen molar-refractivity contribution < 1.29 is 9.59 Å². The molecular formula is C17H22N6O3. The lowest BCUT2D eigenvalue weighted by molar-refractivity contribution is -0.138. The van der Waals surface area contributed by atoms with Crippen molar-refractivity contribution in [3.05, 3.63) is 39.9 Å². The number of aryl methyl sites for hydroxylation is 2. The number of carbonyl (C=O) groups excluding carboxylic acids is 2. The molecule has 0 aliphatic carbocycles. The first-order chi connectivity index (χ1) is 12.4. The summed E-state index contributed by atoms with van der Waals surface area (Å²) in [6.45, 7) is 7.34. The van der Waals surface area contributed by atoms with Gasteiger partial charge in [-0.25, -0.2) is 9.36 Å². The van der Waals surface area contributed by atoms with E-state index in [0.29, 0.717) is 32.0 Å². The molecule has 9 heteroatoms. The predicted molar refractivity (Wildman–Crippen MR) is 94.0 cm³/mol. The maximum absolute atomic E-state index is 12.8. The molecule has 0 N–H and O–H groups in total. The zero-order chi connectivity index (χ0) is 18.8. The Labute approximate surface area is 150 Å². The summed E-state index contributed by atoms with van der Waals surface area (Å²) in [5, 5.41) is 8.72. The van der Waals surface area contributed by atoms with Gasteiger partial charge in [-0.3, -0.25) is 14.4 Å². The Kier molecular flexibility index (Phi) is 4.88. The summed E-state index contributed by atoms with van der Waals surface area (Å²) in [5.74, 6) is 0.302. The molecule has 138 valence electrons. The van der Waals surface area contributed by atoms with E-state index in [1.807, 2.05) is 19.9 Å². The maximum atomic E-state index is 12.8. The van der Waals surface area contributed by atoms with E-state index >= 15 is 0 Å². The van der Waals surface area contributed by atoms with Gasteiger partial charge < -0.3 is 9.80 Å². The monoisotopic (exact) mass is 358 g/mol. The fraction of sp³-hybridized carbons (Fsp3) is 0.471. The van der Waals surface area contributed by atoms with E-state index in [2.05, 4.69) is 10.2 Å². The van der Waals surface area contributed by atoms with Gasteiger partial charge in [-0.05, 0) is 32.9 Å². The molecule has 9 nitrogen and oxygen atoms in total. The van der Waals surface area contributed by atoms with E-state index < -0.39 is 6.04 Å². The maximum Gasteiger partial charge on any atom is 0.267 e. The minimum Gasteiger partial charge on any atom is -0.342 e. The van der Waals surface area contributed by atoms with Crippen molar-refractivity contribution in [1.29, 1.82) is 0 Å². The van der Waals surface area contributed by atoms with Crippen molar-refractivity contribution in [3.8, 4) is 5.82 Å². The standard InChI is InChI=1S/C17H22N6O3/c1-12-10-13(2)22(18-12)15-4-5-16(25)23(19-15)14(3)17(26)21-8-6-20(11-24)7-9-21/h4-5,10-11,14H,6-9H2,1-3H3. The molecule has 0 radical (unpaired) electrons. The normalized spacial score (nSPS) is 15.8. The Morgan fingerprint density at radius 2 is 1.85 bits per heavy atom. The largest absolute Gasteiger partial charge is 0.342 e. The van der Waals surface area contributed by atoms with E-state index in [4.69, 9.17) is 0 Å². The van der Waals surface area contributed by atoms with Crippen LogP contribution in [0.4, 0.5) is 0 Å². The lowest BCUT2D eigenvalue weighted by Gasteiger charge is -2.34. The molecule has 3 rings (SSSR count). The fourth-order valence-electron chi connectivity index (χ4n) is 3.08. The predicted octanol–water partition coefficient (Wildman–Crippen LogP) is -0.0926. The van der Waals surface area contributed by atoms with Crippen molar-refractivity contribution in [2.45, 2.75) is 26.8 Å². The topological polar surface area (TPSA) is 93.3 Å². The number of amides is 2. The highest BCUT2D eigenvalue weighted by Crippen LogP contribution is 2.12. The third kappa shape index (κ3) is 3.37. The van der Waals surface area contributed by atoms with Crippen molar-refractivity contribution >= 4 is 12.3 Å². The van der Waals surface area contributed by atoms with Crippen LogP contribution in [0.15, 0.2) is 23.0 Å². The zero-order valence-electron chi connectivity index (χ0n) is 15.1. The average Bonchev–Trinajstić information content (AvgIpc) is 2.99. The molecule has 2 aromatic heterocycles. The average molecular weight is 358 g/mol. The minimum atomic E-state index is -0.734. The smallest absolute Gasteiger partial charge is 0.267 e. The highest BCUT2D eigenvalue weighted by atomic mass is 16.2. The Hall–Kier alpha value is -2.97. The van der Waals surface area contributed by atoms with E-state index in [0.717, 1.165) is 17.8 Å². The van der Waals surface area contributed by atoms with Gasteiger partial charge in [-0.15, -0.1) is 5.10 Å².